The van der Waals surface area contributed by atoms with Gasteiger partial charge in [0.05, 0.1) is 18.5 Å². The van der Waals surface area contributed by atoms with Gasteiger partial charge in [0, 0.05) is 18.8 Å². The maximum Gasteiger partial charge on any atom is 0.316 e. The molecule has 1 unspecified atom stereocenters. The van der Waals surface area contributed by atoms with Gasteiger partial charge in [0.1, 0.15) is 5.52 Å². The number of nitrogens with two attached hydrogens (primary N) is 1. The zero-order chi connectivity index (χ0) is 15.0. The Balaban J connectivity index is 1.85. The molecule has 2 aromatic rings. The second-order valence-electron chi connectivity index (χ2n) is 5.24. The molecule has 3 rings (SSSR count). The predicted octanol–water partition coefficient (Wildman–Crippen LogP) is 0.514. The van der Waals surface area contributed by atoms with Gasteiger partial charge in [-0.1, -0.05) is 0 Å². The van der Waals surface area contributed by atoms with Crippen molar-refractivity contribution < 1.29 is 17.6 Å². The first-order valence-electron chi connectivity index (χ1n) is 6.63. The lowest BCUT2D eigenvalue weighted by atomic mass is 10.3. The Labute approximate surface area is 122 Å². The van der Waals surface area contributed by atoms with Gasteiger partial charge in [0.2, 0.25) is 9.84 Å². The lowest BCUT2D eigenvalue weighted by Crippen LogP contribution is -2.43. The van der Waals surface area contributed by atoms with Crippen molar-refractivity contribution in [3.8, 4) is 0 Å². The predicted molar refractivity (Wildman–Crippen MR) is 77.7 cm³/mol. The molecule has 2 N–H and O–H groups in total. The van der Waals surface area contributed by atoms with Gasteiger partial charge in [0.15, 0.2) is 5.58 Å². The van der Waals surface area contributed by atoms with E-state index in [1.54, 1.807) is 18.2 Å². The fraction of sp³-hybridized carbons (Fsp3) is 0.462. The number of hydrogen-bond donors (Lipinski definition) is 1. The quantitative estimate of drug-likeness (QED) is 0.825. The summed E-state index contributed by atoms with van der Waals surface area (Å²) in [6.45, 7) is 1.91. The number of hydrogen-bond acceptors (Lipinski definition) is 7. The molecule has 1 aromatic carbocycles. The second-order valence-corrected chi connectivity index (χ2v) is 7.16. The molecule has 114 valence electrons. The molecule has 8 heteroatoms. The molecule has 1 aliphatic rings. The number of aromatic nitrogens is 1. The second kappa shape index (κ2) is 5.28. The topological polar surface area (TPSA) is 98.7 Å². The average molecular weight is 311 g/mol. The molecule has 1 fully saturated rings. The molecule has 1 aliphatic heterocycles. The number of nitrogen functional groups attached to an aromatic ring is 1. The van der Waals surface area contributed by atoms with Gasteiger partial charge in [-0.15, -0.1) is 0 Å². The van der Waals surface area contributed by atoms with E-state index >= 15 is 0 Å². The molecule has 0 aliphatic carbocycles. The molecule has 2 heterocycles. The van der Waals surface area contributed by atoms with Crippen molar-refractivity contribution in [2.24, 2.45) is 0 Å². The van der Waals surface area contributed by atoms with Crippen LogP contribution in [0.4, 0.5) is 5.69 Å². The number of rotatable bonds is 3. The lowest BCUT2D eigenvalue weighted by molar-refractivity contribution is -0.00693. The summed E-state index contributed by atoms with van der Waals surface area (Å²) in [5.41, 5.74) is 7.01. The Morgan fingerprint density at radius 2 is 2.29 bits per heavy atom. The average Bonchev–Trinajstić information content (AvgIpc) is 2.82. The lowest BCUT2D eigenvalue weighted by Gasteiger charge is -2.29. The summed E-state index contributed by atoms with van der Waals surface area (Å²) in [5.74, 6) is -0.139. The number of sulfone groups is 1. The maximum atomic E-state index is 12.4. The molecule has 0 bridgehead atoms. The largest absolute Gasteiger partial charge is 0.428 e. The Bertz CT molecular complexity index is 756. The third-order valence-corrected chi connectivity index (χ3v) is 4.92. The van der Waals surface area contributed by atoms with Gasteiger partial charge < -0.3 is 19.8 Å². The molecule has 1 atom stereocenters. The van der Waals surface area contributed by atoms with E-state index in [4.69, 9.17) is 14.9 Å². The maximum absolute atomic E-state index is 12.4. The fourth-order valence-electron chi connectivity index (χ4n) is 2.34. The van der Waals surface area contributed by atoms with Crippen LogP contribution in [0.25, 0.3) is 11.1 Å². The number of morpholine rings is 1. The molecule has 0 spiro atoms. The van der Waals surface area contributed by atoms with Crippen molar-refractivity contribution in [2.75, 3.05) is 38.2 Å². The van der Waals surface area contributed by atoms with Crippen molar-refractivity contribution in [2.45, 2.75) is 11.3 Å². The van der Waals surface area contributed by atoms with Crippen molar-refractivity contribution in [1.29, 1.82) is 0 Å². The Hall–Kier alpha value is -1.64. The molecular weight excluding hydrogens is 294 g/mol. The highest BCUT2D eigenvalue weighted by atomic mass is 32.2. The Morgan fingerprint density at radius 1 is 1.48 bits per heavy atom. The molecule has 0 saturated carbocycles. The normalized spacial score (nSPS) is 20.9. The number of ether oxygens (including phenoxy) is 1. The third kappa shape index (κ3) is 3.02. The first-order valence-corrected chi connectivity index (χ1v) is 8.28. The number of nitrogens with zero attached hydrogens (tertiary/aromatic N) is 2. The van der Waals surface area contributed by atoms with Crippen LogP contribution in [0.1, 0.15) is 0 Å². The molecular formula is C13H17N3O4S. The highest BCUT2D eigenvalue weighted by Crippen LogP contribution is 2.22. The van der Waals surface area contributed by atoms with E-state index in [2.05, 4.69) is 4.98 Å². The summed E-state index contributed by atoms with van der Waals surface area (Å²) in [6, 6.07) is 4.84. The molecule has 1 aromatic heterocycles. The minimum Gasteiger partial charge on any atom is -0.428 e. The van der Waals surface area contributed by atoms with Gasteiger partial charge in [-0.25, -0.2) is 8.42 Å². The fourth-order valence-corrected chi connectivity index (χ4v) is 3.63. The number of anilines is 1. The van der Waals surface area contributed by atoms with Crippen molar-refractivity contribution >= 4 is 26.6 Å². The van der Waals surface area contributed by atoms with Crippen molar-refractivity contribution in [3.05, 3.63) is 18.2 Å². The third-order valence-electron chi connectivity index (χ3n) is 3.41. The van der Waals surface area contributed by atoms with Crippen LogP contribution < -0.4 is 5.73 Å². The van der Waals surface area contributed by atoms with E-state index in [1.807, 2.05) is 11.9 Å². The number of oxazole rings is 1. The highest BCUT2D eigenvalue weighted by molar-refractivity contribution is 7.91. The summed E-state index contributed by atoms with van der Waals surface area (Å²) >= 11 is 0. The minimum atomic E-state index is -3.63. The molecule has 21 heavy (non-hydrogen) atoms. The van der Waals surface area contributed by atoms with Gasteiger partial charge >= 0.3 is 5.22 Å². The van der Waals surface area contributed by atoms with Crippen LogP contribution in [0.15, 0.2) is 27.8 Å². The van der Waals surface area contributed by atoms with Crippen LogP contribution in [0.5, 0.6) is 0 Å². The number of fused-ring (bicyclic) bond motifs is 1. The van der Waals surface area contributed by atoms with Crippen LogP contribution >= 0.6 is 0 Å². The van der Waals surface area contributed by atoms with Crippen LogP contribution in [-0.4, -0.2) is 56.9 Å². The van der Waals surface area contributed by atoms with Crippen LogP contribution in [0.3, 0.4) is 0 Å². The van der Waals surface area contributed by atoms with E-state index < -0.39 is 9.84 Å². The number of likely N-dealkylation sites (N-methyl/N-ethyl adjacent to an activating group) is 1. The van der Waals surface area contributed by atoms with E-state index in [9.17, 15) is 8.42 Å². The zero-order valence-corrected chi connectivity index (χ0v) is 12.5. The Morgan fingerprint density at radius 3 is 3.05 bits per heavy atom. The summed E-state index contributed by atoms with van der Waals surface area (Å²) < 4.78 is 35.6. The first-order chi connectivity index (χ1) is 9.94. The van der Waals surface area contributed by atoms with Crippen LogP contribution in [-0.2, 0) is 14.6 Å². The SMILES string of the molecule is CN1CCOC(CS(=O)(=O)c2nc3cc(N)ccc3o2)C1. The van der Waals surface area contributed by atoms with Gasteiger partial charge in [0.25, 0.3) is 0 Å². The Kier molecular flexibility index (Phi) is 3.60. The van der Waals surface area contributed by atoms with E-state index in [1.165, 1.54) is 0 Å². The molecule has 1 saturated heterocycles. The first kappa shape index (κ1) is 14.3. The van der Waals surface area contributed by atoms with E-state index in [0.717, 1.165) is 6.54 Å². The van der Waals surface area contributed by atoms with Gasteiger partial charge in [-0.05, 0) is 25.2 Å². The van der Waals surface area contributed by atoms with E-state index in [0.29, 0.717) is 29.9 Å². The smallest absolute Gasteiger partial charge is 0.316 e. The highest BCUT2D eigenvalue weighted by Gasteiger charge is 2.29. The monoisotopic (exact) mass is 311 g/mol. The molecule has 0 radical (unpaired) electrons. The summed E-state index contributed by atoms with van der Waals surface area (Å²) in [7, 11) is -1.69. The van der Waals surface area contributed by atoms with Crippen molar-refractivity contribution in [1.82, 2.24) is 9.88 Å². The van der Waals surface area contributed by atoms with Crippen LogP contribution in [0, 0.1) is 0 Å². The van der Waals surface area contributed by atoms with E-state index in [-0.39, 0.29) is 17.1 Å². The van der Waals surface area contributed by atoms with Gasteiger partial charge in [-0.2, -0.15) is 4.98 Å². The summed E-state index contributed by atoms with van der Waals surface area (Å²) in [6.07, 6.45) is -0.367. The molecule has 7 nitrogen and oxygen atoms in total. The van der Waals surface area contributed by atoms with Crippen LogP contribution in [0.2, 0.25) is 0 Å². The molecule has 0 amide bonds. The minimum absolute atomic E-state index is 0.139. The van der Waals surface area contributed by atoms with Gasteiger partial charge in [-0.3, -0.25) is 0 Å². The summed E-state index contributed by atoms with van der Waals surface area (Å²) in [4.78, 5) is 6.06. The number of benzene rings is 1. The summed E-state index contributed by atoms with van der Waals surface area (Å²) in [5, 5.41) is -0.278. The standard InChI is InChI=1S/C13H17N3O4S/c1-16-4-5-19-10(7-16)8-21(17,18)13-15-11-6-9(14)2-3-12(11)20-13/h2-3,6,10H,4-5,7-8,14H2,1H3. The zero-order valence-electron chi connectivity index (χ0n) is 11.7. The van der Waals surface area contributed by atoms with Crippen molar-refractivity contribution in [3.63, 3.8) is 0 Å².